The molecule has 180 valence electrons. The van der Waals surface area contributed by atoms with Crippen LogP contribution in [-0.4, -0.2) is 48.2 Å². The van der Waals surface area contributed by atoms with Crippen LogP contribution in [0.5, 0.6) is 0 Å². The van der Waals surface area contributed by atoms with Gasteiger partial charge in [-0.25, -0.2) is 0 Å². The van der Waals surface area contributed by atoms with Gasteiger partial charge in [0.25, 0.3) is 0 Å². The molecule has 2 aliphatic carbocycles. The topological polar surface area (TPSA) is 103 Å². The van der Waals surface area contributed by atoms with Crippen molar-refractivity contribution in [1.29, 1.82) is 0 Å². The molecule has 7 atom stereocenters. The average Bonchev–Trinajstić information content (AvgIpc) is 3.29. The van der Waals surface area contributed by atoms with E-state index in [9.17, 15) is 19.2 Å². The van der Waals surface area contributed by atoms with E-state index < -0.39 is 40.7 Å². The van der Waals surface area contributed by atoms with Gasteiger partial charge in [-0.1, -0.05) is 13.8 Å². The molecular weight excluding hydrogens is 426 g/mol. The third-order valence-corrected chi connectivity index (χ3v) is 8.64. The van der Waals surface area contributed by atoms with E-state index in [1.54, 1.807) is 17.2 Å². The molecule has 0 spiro atoms. The Bertz CT molecular complexity index is 956. The number of hydrogen-bond donors (Lipinski definition) is 0. The van der Waals surface area contributed by atoms with Crippen LogP contribution in [0.25, 0.3) is 0 Å². The van der Waals surface area contributed by atoms with Crippen molar-refractivity contribution in [3.8, 4) is 0 Å². The fourth-order valence-corrected chi connectivity index (χ4v) is 7.12. The van der Waals surface area contributed by atoms with Crippen LogP contribution in [0.1, 0.15) is 65.0 Å². The average molecular weight is 460 g/mol. The third kappa shape index (κ3) is 3.49. The molecule has 1 saturated heterocycles. The third-order valence-electron chi connectivity index (χ3n) is 8.64. The Balaban J connectivity index is 1.83. The monoisotopic (exact) mass is 459 g/mol. The van der Waals surface area contributed by atoms with Gasteiger partial charge in [-0.05, 0) is 49.5 Å². The number of methoxy groups -OCH3 is 1. The zero-order valence-electron chi connectivity index (χ0n) is 20.0. The van der Waals surface area contributed by atoms with Crippen LogP contribution in [0.3, 0.4) is 0 Å². The minimum Gasteiger partial charge on any atom is -0.472 e. The number of fused-ring (bicyclic) bond motifs is 3. The first-order valence-electron chi connectivity index (χ1n) is 11.7. The molecule has 0 N–H and O–H groups in total. The minimum atomic E-state index is -0.734. The highest BCUT2D eigenvalue weighted by Gasteiger charge is 2.67. The number of Topliss-reactive ketones (excluding diaryl/α,β-unsaturated/α-hetero) is 1. The van der Waals surface area contributed by atoms with E-state index in [0.29, 0.717) is 25.8 Å². The Labute approximate surface area is 194 Å². The Kier molecular flexibility index (Phi) is 5.91. The van der Waals surface area contributed by atoms with Gasteiger partial charge in [0.1, 0.15) is 6.10 Å². The van der Waals surface area contributed by atoms with Crippen molar-refractivity contribution in [2.24, 2.45) is 28.6 Å². The molecule has 3 fully saturated rings. The first kappa shape index (κ1) is 23.5. The van der Waals surface area contributed by atoms with Crippen LogP contribution < -0.4 is 0 Å². The summed E-state index contributed by atoms with van der Waals surface area (Å²) in [5, 5.41) is 0. The van der Waals surface area contributed by atoms with Crippen LogP contribution in [0.4, 0.5) is 0 Å². The molecule has 1 aromatic heterocycles. The van der Waals surface area contributed by atoms with Crippen molar-refractivity contribution >= 4 is 23.6 Å². The van der Waals surface area contributed by atoms with Crippen molar-refractivity contribution in [3.05, 3.63) is 24.2 Å². The van der Waals surface area contributed by atoms with Crippen molar-refractivity contribution in [3.63, 3.8) is 0 Å². The maximum atomic E-state index is 14.2. The van der Waals surface area contributed by atoms with E-state index in [4.69, 9.17) is 13.9 Å². The zero-order chi connectivity index (χ0) is 24.1. The second-order valence-corrected chi connectivity index (χ2v) is 10.3. The van der Waals surface area contributed by atoms with E-state index in [0.717, 1.165) is 5.56 Å². The van der Waals surface area contributed by atoms with Gasteiger partial charge in [0.05, 0.1) is 37.5 Å². The fourth-order valence-electron chi connectivity index (χ4n) is 7.12. The minimum absolute atomic E-state index is 0.0671. The Morgan fingerprint density at radius 2 is 1.97 bits per heavy atom. The summed E-state index contributed by atoms with van der Waals surface area (Å²) < 4.78 is 16.2. The van der Waals surface area contributed by atoms with Gasteiger partial charge in [0.2, 0.25) is 5.91 Å². The number of likely N-dealkylation sites (N-methyl/N-ethyl adjacent to an activating group) is 1. The highest BCUT2D eigenvalue weighted by molar-refractivity contribution is 5.95. The Hall–Kier alpha value is -2.64. The van der Waals surface area contributed by atoms with Crippen LogP contribution >= 0.6 is 0 Å². The molecule has 2 heterocycles. The highest BCUT2D eigenvalue weighted by Crippen LogP contribution is 2.65. The second-order valence-electron chi connectivity index (χ2n) is 10.3. The molecule has 0 radical (unpaired) electrons. The number of furan rings is 1. The lowest BCUT2D eigenvalue weighted by Gasteiger charge is -2.61. The summed E-state index contributed by atoms with van der Waals surface area (Å²) in [5.74, 6) is -2.56. The SMILES string of the molecule is CCN(C(C)=O)[C@H]1C[C@@H](C(=O)OC)[C@]2(C)CC[C@H]3C(=O)O[C@H](c4ccoc4)C[C@]3(C)[C@H]2C1=O. The van der Waals surface area contributed by atoms with E-state index >= 15 is 0 Å². The smallest absolute Gasteiger partial charge is 0.310 e. The maximum Gasteiger partial charge on any atom is 0.310 e. The second kappa shape index (κ2) is 8.29. The quantitative estimate of drug-likeness (QED) is 0.637. The van der Waals surface area contributed by atoms with Gasteiger partial charge in [-0.3, -0.25) is 19.2 Å². The summed E-state index contributed by atoms with van der Waals surface area (Å²) in [6.45, 7) is 7.59. The summed E-state index contributed by atoms with van der Waals surface area (Å²) >= 11 is 0. The molecule has 3 aliphatic rings. The number of carbonyl (C=O) groups excluding carboxylic acids is 4. The van der Waals surface area contributed by atoms with Crippen molar-refractivity contribution in [2.45, 2.75) is 65.5 Å². The molecule has 4 rings (SSSR count). The number of amides is 1. The molecule has 1 aromatic rings. The summed E-state index contributed by atoms with van der Waals surface area (Å²) in [7, 11) is 1.36. The predicted molar refractivity (Wildman–Crippen MR) is 117 cm³/mol. The highest BCUT2D eigenvalue weighted by atomic mass is 16.5. The summed E-state index contributed by atoms with van der Waals surface area (Å²) in [5.41, 5.74) is -0.665. The lowest BCUT2D eigenvalue weighted by Crippen LogP contribution is -2.66. The lowest BCUT2D eigenvalue weighted by molar-refractivity contribution is -0.206. The molecule has 8 nitrogen and oxygen atoms in total. The summed E-state index contributed by atoms with van der Waals surface area (Å²) in [4.78, 5) is 54.3. The van der Waals surface area contributed by atoms with Gasteiger partial charge in [-0.2, -0.15) is 0 Å². The largest absolute Gasteiger partial charge is 0.472 e. The summed E-state index contributed by atoms with van der Waals surface area (Å²) in [6.07, 6.45) is 4.32. The van der Waals surface area contributed by atoms with Crippen LogP contribution in [0.15, 0.2) is 23.0 Å². The first-order valence-corrected chi connectivity index (χ1v) is 11.7. The standard InChI is InChI=1S/C25H33NO7/c1-6-26(14(2)27)18-11-17(22(29)31-5)24(3)9-7-16-23(30)33-19(15-8-10-32-13-15)12-25(16,4)21(24)20(18)28/h8,10,13,16-19,21H,6-7,9,11-12H2,1-5H3/t16-,17-,18-,19-,21-,24-,25-/m0/s1. The molecule has 8 heteroatoms. The van der Waals surface area contributed by atoms with Crippen molar-refractivity contribution in [1.82, 2.24) is 4.90 Å². The molecule has 2 saturated carbocycles. The van der Waals surface area contributed by atoms with Gasteiger partial charge in [0.15, 0.2) is 5.78 Å². The number of esters is 2. The maximum absolute atomic E-state index is 14.2. The number of ketones is 1. The molecule has 1 aliphatic heterocycles. The van der Waals surface area contributed by atoms with E-state index in [1.807, 2.05) is 20.8 Å². The van der Waals surface area contributed by atoms with Gasteiger partial charge in [0, 0.05) is 24.9 Å². The lowest BCUT2D eigenvalue weighted by atomic mass is 9.42. The molecule has 0 unspecified atom stereocenters. The van der Waals surface area contributed by atoms with E-state index in [-0.39, 0.29) is 30.0 Å². The normalized spacial score (nSPS) is 38.0. The van der Waals surface area contributed by atoms with Crippen LogP contribution in [0, 0.1) is 28.6 Å². The fraction of sp³-hybridized carbons (Fsp3) is 0.680. The number of nitrogens with zero attached hydrogens (tertiary/aromatic N) is 1. The number of hydrogen-bond acceptors (Lipinski definition) is 7. The predicted octanol–water partition coefficient (Wildman–Crippen LogP) is 3.31. The Morgan fingerprint density at radius 1 is 1.24 bits per heavy atom. The molecule has 0 bridgehead atoms. The summed E-state index contributed by atoms with van der Waals surface area (Å²) in [6, 6.07) is 1.04. The van der Waals surface area contributed by atoms with Crippen LogP contribution in [0.2, 0.25) is 0 Å². The molecule has 1 amide bonds. The molecule has 0 aromatic carbocycles. The number of cyclic esters (lactones) is 1. The number of carbonyl (C=O) groups is 4. The van der Waals surface area contributed by atoms with Crippen molar-refractivity contribution < 1.29 is 33.1 Å². The molecule has 33 heavy (non-hydrogen) atoms. The number of rotatable bonds is 4. The van der Waals surface area contributed by atoms with Gasteiger partial charge < -0.3 is 18.8 Å². The zero-order valence-corrected chi connectivity index (χ0v) is 20.0. The van der Waals surface area contributed by atoms with Crippen LogP contribution in [-0.2, 0) is 28.7 Å². The number of ether oxygens (including phenoxy) is 2. The van der Waals surface area contributed by atoms with Crippen molar-refractivity contribution in [2.75, 3.05) is 13.7 Å². The Morgan fingerprint density at radius 3 is 2.55 bits per heavy atom. The van der Waals surface area contributed by atoms with E-state index in [2.05, 4.69) is 0 Å². The van der Waals surface area contributed by atoms with E-state index in [1.165, 1.54) is 20.3 Å². The van der Waals surface area contributed by atoms with Gasteiger partial charge in [-0.15, -0.1) is 0 Å². The first-order chi connectivity index (χ1) is 15.6. The molecular formula is C25H33NO7. The van der Waals surface area contributed by atoms with Gasteiger partial charge >= 0.3 is 11.9 Å².